The first kappa shape index (κ1) is 16.0. The van der Waals surface area contributed by atoms with E-state index in [1.54, 1.807) is 0 Å². The molecule has 0 aliphatic rings. The van der Waals surface area contributed by atoms with Crippen molar-refractivity contribution in [1.29, 1.82) is 0 Å². The fourth-order valence-corrected chi connectivity index (χ4v) is 2.78. The predicted octanol–water partition coefficient (Wildman–Crippen LogP) is 0.643. The minimum absolute atomic E-state index is 0.00941. The summed E-state index contributed by atoms with van der Waals surface area (Å²) in [6.45, 7) is 1.30. The number of aliphatic hydroxyl groups is 1. The summed E-state index contributed by atoms with van der Waals surface area (Å²) >= 11 is 0. The van der Waals surface area contributed by atoms with E-state index >= 15 is 0 Å². The summed E-state index contributed by atoms with van der Waals surface area (Å²) in [5.74, 6) is -0.826. The SMILES string of the molecule is COC[C@](C)(O)CNS(=O)(=O)Cc1cccc(F)c1. The molecule has 0 saturated heterocycles. The Morgan fingerprint density at radius 2 is 2.16 bits per heavy atom. The topological polar surface area (TPSA) is 75.6 Å². The van der Waals surface area contributed by atoms with E-state index in [9.17, 15) is 17.9 Å². The second kappa shape index (κ2) is 6.42. The molecule has 0 heterocycles. The number of nitrogens with one attached hydrogen (secondary N) is 1. The number of halogens is 1. The van der Waals surface area contributed by atoms with Gasteiger partial charge in [-0.3, -0.25) is 0 Å². The van der Waals surface area contributed by atoms with E-state index in [4.69, 9.17) is 4.74 Å². The maximum Gasteiger partial charge on any atom is 0.215 e. The van der Waals surface area contributed by atoms with Crippen LogP contribution in [0.2, 0.25) is 0 Å². The highest BCUT2D eigenvalue weighted by atomic mass is 32.2. The first-order valence-electron chi connectivity index (χ1n) is 5.67. The van der Waals surface area contributed by atoms with Gasteiger partial charge in [-0.25, -0.2) is 17.5 Å². The third-order valence-electron chi connectivity index (χ3n) is 2.37. The van der Waals surface area contributed by atoms with Gasteiger partial charge in [-0.1, -0.05) is 12.1 Å². The van der Waals surface area contributed by atoms with Gasteiger partial charge in [0.2, 0.25) is 10.0 Å². The molecule has 1 aromatic rings. The summed E-state index contributed by atoms with van der Waals surface area (Å²) < 4.78 is 43.5. The molecular weight excluding hydrogens is 273 g/mol. The van der Waals surface area contributed by atoms with Crippen molar-refractivity contribution >= 4 is 10.0 Å². The average molecular weight is 291 g/mol. The van der Waals surface area contributed by atoms with Crippen LogP contribution in [0.15, 0.2) is 24.3 Å². The third-order valence-corrected chi connectivity index (χ3v) is 3.67. The Morgan fingerprint density at radius 3 is 2.74 bits per heavy atom. The molecule has 0 aliphatic carbocycles. The van der Waals surface area contributed by atoms with Crippen molar-refractivity contribution in [2.75, 3.05) is 20.3 Å². The molecule has 0 spiro atoms. The molecule has 1 aromatic carbocycles. The molecule has 0 saturated carbocycles. The highest BCUT2D eigenvalue weighted by Crippen LogP contribution is 2.08. The number of sulfonamides is 1. The minimum Gasteiger partial charge on any atom is -0.386 e. The van der Waals surface area contributed by atoms with E-state index in [2.05, 4.69) is 4.72 Å². The second-order valence-electron chi connectivity index (χ2n) is 4.64. The van der Waals surface area contributed by atoms with Gasteiger partial charge in [0.15, 0.2) is 0 Å². The van der Waals surface area contributed by atoms with Gasteiger partial charge in [0.1, 0.15) is 5.82 Å². The molecule has 0 radical (unpaired) electrons. The van der Waals surface area contributed by atoms with Gasteiger partial charge in [-0.2, -0.15) is 0 Å². The normalized spacial score (nSPS) is 15.2. The summed E-state index contributed by atoms with van der Waals surface area (Å²) in [4.78, 5) is 0. The van der Waals surface area contributed by atoms with Gasteiger partial charge >= 0.3 is 0 Å². The Morgan fingerprint density at radius 1 is 1.47 bits per heavy atom. The average Bonchev–Trinajstić information content (AvgIpc) is 2.26. The predicted molar refractivity (Wildman–Crippen MR) is 69.5 cm³/mol. The van der Waals surface area contributed by atoms with Crippen LogP contribution in [0.4, 0.5) is 4.39 Å². The molecule has 0 aromatic heterocycles. The van der Waals surface area contributed by atoms with Gasteiger partial charge in [0, 0.05) is 13.7 Å². The largest absolute Gasteiger partial charge is 0.386 e. The van der Waals surface area contributed by atoms with Crippen molar-refractivity contribution in [3.05, 3.63) is 35.6 Å². The summed E-state index contributed by atoms with van der Waals surface area (Å²) in [7, 11) is -2.22. The van der Waals surface area contributed by atoms with E-state index < -0.39 is 21.4 Å². The molecule has 7 heteroatoms. The number of ether oxygens (including phenoxy) is 1. The lowest BCUT2D eigenvalue weighted by atomic mass is 10.1. The van der Waals surface area contributed by atoms with Gasteiger partial charge in [-0.05, 0) is 24.6 Å². The first-order chi connectivity index (χ1) is 8.74. The molecule has 19 heavy (non-hydrogen) atoms. The molecule has 1 rings (SSSR count). The highest BCUT2D eigenvalue weighted by molar-refractivity contribution is 7.88. The van der Waals surface area contributed by atoms with Crippen LogP contribution in [0.3, 0.4) is 0 Å². The Labute approximate surface area is 112 Å². The molecule has 5 nitrogen and oxygen atoms in total. The Balaban J connectivity index is 2.62. The van der Waals surface area contributed by atoms with Crippen LogP contribution in [0.25, 0.3) is 0 Å². The van der Waals surface area contributed by atoms with Crippen molar-refractivity contribution in [1.82, 2.24) is 4.72 Å². The van der Waals surface area contributed by atoms with E-state index in [-0.39, 0.29) is 18.9 Å². The summed E-state index contributed by atoms with van der Waals surface area (Å²) in [6, 6.07) is 5.37. The van der Waals surface area contributed by atoms with Gasteiger partial charge in [0.05, 0.1) is 18.0 Å². The lowest BCUT2D eigenvalue weighted by molar-refractivity contribution is -0.0120. The van der Waals surface area contributed by atoms with Crippen molar-refractivity contribution in [3.63, 3.8) is 0 Å². The molecule has 0 aliphatic heterocycles. The number of hydrogen-bond donors (Lipinski definition) is 2. The third kappa shape index (κ3) is 6.11. The zero-order valence-electron chi connectivity index (χ0n) is 10.9. The molecule has 0 amide bonds. The highest BCUT2D eigenvalue weighted by Gasteiger charge is 2.23. The number of benzene rings is 1. The van der Waals surface area contributed by atoms with Gasteiger partial charge in [-0.15, -0.1) is 0 Å². The fraction of sp³-hybridized carbons (Fsp3) is 0.500. The van der Waals surface area contributed by atoms with E-state index in [0.717, 1.165) is 6.07 Å². The zero-order chi connectivity index (χ0) is 14.5. The maximum atomic E-state index is 12.9. The van der Waals surface area contributed by atoms with Crippen LogP contribution in [-0.4, -0.2) is 39.4 Å². The van der Waals surface area contributed by atoms with Crippen molar-refractivity contribution < 1.29 is 22.7 Å². The maximum absolute atomic E-state index is 12.9. The molecule has 0 fully saturated rings. The van der Waals surface area contributed by atoms with E-state index in [1.165, 1.54) is 32.2 Å². The molecule has 2 N–H and O–H groups in total. The standard InChI is InChI=1S/C12H18FNO4S/c1-12(15,9-18-2)8-14-19(16,17)7-10-4-3-5-11(13)6-10/h3-6,14-15H,7-9H2,1-2H3/t12-/m1/s1. The molecular formula is C12H18FNO4S. The molecule has 1 atom stereocenters. The number of rotatable bonds is 7. The summed E-state index contributed by atoms with van der Waals surface area (Å²) in [6.07, 6.45) is 0. The van der Waals surface area contributed by atoms with E-state index in [0.29, 0.717) is 5.56 Å². The summed E-state index contributed by atoms with van der Waals surface area (Å²) in [5, 5.41) is 9.78. The van der Waals surface area contributed by atoms with Crippen LogP contribution in [0, 0.1) is 5.82 Å². The Hall–Kier alpha value is -1.02. The van der Waals surface area contributed by atoms with Crippen LogP contribution in [0.1, 0.15) is 12.5 Å². The zero-order valence-corrected chi connectivity index (χ0v) is 11.7. The lowest BCUT2D eigenvalue weighted by Crippen LogP contribution is -2.44. The quantitative estimate of drug-likeness (QED) is 0.773. The van der Waals surface area contributed by atoms with Crippen LogP contribution in [0.5, 0.6) is 0 Å². The minimum atomic E-state index is -3.64. The fourth-order valence-electron chi connectivity index (χ4n) is 1.52. The first-order valence-corrected chi connectivity index (χ1v) is 7.32. The second-order valence-corrected chi connectivity index (χ2v) is 6.45. The van der Waals surface area contributed by atoms with E-state index in [1.807, 2.05) is 0 Å². The van der Waals surface area contributed by atoms with Crippen LogP contribution < -0.4 is 4.72 Å². The summed E-state index contributed by atoms with van der Waals surface area (Å²) in [5.41, 5.74) is -0.942. The van der Waals surface area contributed by atoms with Crippen molar-refractivity contribution in [2.45, 2.75) is 18.3 Å². The molecule has 0 bridgehead atoms. The molecule has 0 unspecified atom stereocenters. The van der Waals surface area contributed by atoms with Crippen molar-refractivity contribution in [3.8, 4) is 0 Å². The molecule has 108 valence electrons. The van der Waals surface area contributed by atoms with Gasteiger partial charge < -0.3 is 9.84 Å². The lowest BCUT2D eigenvalue weighted by Gasteiger charge is -2.22. The Kier molecular flexibility index (Phi) is 5.42. The van der Waals surface area contributed by atoms with Crippen LogP contribution >= 0.6 is 0 Å². The Bertz CT molecular complexity index is 516. The monoisotopic (exact) mass is 291 g/mol. The van der Waals surface area contributed by atoms with Crippen LogP contribution in [-0.2, 0) is 20.5 Å². The van der Waals surface area contributed by atoms with Crippen molar-refractivity contribution in [2.24, 2.45) is 0 Å². The smallest absolute Gasteiger partial charge is 0.215 e. The number of hydrogen-bond acceptors (Lipinski definition) is 4. The number of methoxy groups -OCH3 is 1. The van der Waals surface area contributed by atoms with Gasteiger partial charge in [0.25, 0.3) is 0 Å².